The molecule has 1 aromatic carbocycles. The highest BCUT2D eigenvalue weighted by molar-refractivity contribution is 5.89. The number of rotatable bonds is 4. The van der Waals surface area contributed by atoms with Crippen molar-refractivity contribution >= 4 is 11.7 Å². The van der Waals surface area contributed by atoms with Gasteiger partial charge in [-0.25, -0.2) is 9.18 Å². The van der Waals surface area contributed by atoms with Crippen LogP contribution >= 0.6 is 0 Å². The average molecular weight is 279 g/mol. The van der Waals surface area contributed by atoms with Crippen LogP contribution in [0.1, 0.15) is 20.3 Å². The highest BCUT2D eigenvalue weighted by Gasteiger charge is 2.24. The average Bonchev–Trinajstić information content (AvgIpc) is 2.88. The summed E-state index contributed by atoms with van der Waals surface area (Å²) in [6.07, 6.45) is 1.10. The summed E-state index contributed by atoms with van der Waals surface area (Å²) >= 11 is 0. The lowest BCUT2D eigenvalue weighted by Crippen LogP contribution is -2.35. The third kappa shape index (κ3) is 3.93. The number of carbonyl (C=O) groups excluding carboxylic acids is 1. The predicted molar refractivity (Wildman–Crippen MR) is 78.2 cm³/mol. The summed E-state index contributed by atoms with van der Waals surface area (Å²) in [5.41, 5.74) is 0.209. The zero-order valence-electron chi connectivity index (χ0n) is 12.0. The van der Waals surface area contributed by atoms with Gasteiger partial charge >= 0.3 is 6.03 Å². The molecule has 1 aliphatic rings. The maximum atomic E-state index is 13.4. The molecule has 2 N–H and O–H groups in total. The van der Waals surface area contributed by atoms with Gasteiger partial charge in [-0.05, 0) is 44.9 Å². The van der Waals surface area contributed by atoms with Gasteiger partial charge in [-0.15, -0.1) is 0 Å². The smallest absolute Gasteiger partial charge is 0.319 e. The van der Waals surface area contributed by atoms with E-state index in [1.165, 1.54) is 6.07 Å². The number of hydrogen-bond acceptors (Lipinski definition) is 2. The Morgan fingerprint density at radius 2 is 2.20 bits per heavy atom. The number of anilines is 1. The summed E-state index contributed by atoms with van der Waals surface area (Å²) in [7, 11) is 0. The van der Waals surface area contributed by atoms with Crippen LogP contribution in [0.15, 0.2) is 24.3 Å². The Labute approximate surface area is 119 Å². The van der Waals surface area contributed by atoms with E-state index >= 15 is 0 Å². The number of nitrogens with zero attached hydrogens (tertiary/aromatic N) is 1. The highest BCUT2D eigenvalue weighted by atomic mass is 19.1. The first-order valence-corrected chi connectivity index (χ1v) is 7.09. The van der Waals surface area contributed by atoms with Gasteiger partial charge < -0.3 is 15.5 Å². The van der Waals surface area contributed by atoms with Crippen molar-refractivity contribution in [2.75, 3.05) is 25.0 Å². The monoisotopic (exact) mass is 279 g/mol. The van der Waals surface area contributed by atoms with Crippen LogP contribution in [0.5, 0.6) is 0 Å². The number of halogens is 1. The van der Waals surface area contributed by atoms with Crippen molar-refractivity contribution in [3.63, 3.8) is 0 Å². The zero-order valence-corrected chi connectivity index (χ0v) is 12.0. The summed E-state index contributed by atoms with van der Waals surface area (Å²) in [6, 6.07) is 6.36. The standard InChI is InChI=1S/C15H22FN3O/c1-11(2)19-8-7-12(10-19)9-17-15(20)18-14-6-4-3-5-13(14)16/h3-6,11-12H,7-10H2,1-2H3,(H2,17,18,20)/t12-/m1/s1. The number of hydrogen-bond donors (Lipinski definition) is 2. The van der Waals surface area contributed by atoms with Crippen LogP contribution in [-0.2, 0) is 0 Å². The van der Waals surface area contributed by atoms with Crippen molar-refractivity contribution in [1.29, 1.82) is 0 Å². The molecule has 110 valence electrons. The molecule has 0 unspecified atom stereocenters. The SMILES string of the molecule is CC(C)N1CC[C@H](CNC(=O)Nc2ccccc2F)C1. The van der Waals surface area contributed by atoms with Gasteiger partial charge in [0.15, 0.2) is 0 Å². The zero-order chi connectivity index (χ0) is 14.5. The van der Waals surface area contributed by atoms with Gasteiger partial charge in [0.05, 0.1) is 5.69 Å². The third-order valence-electron chi connectivity index (χ3n) is 3.72. The Morgan fingerprint density at radius 3 is 2.85 bits per heavy atom. The molecule has 2 amide bonds. The normalized spacial score (nSPS) is 19.3. The van der Waals surface area contributed by atoms with E-state index in [0.29, 0.717) is 18.5 Å². The molecule has 1 heterocycles. The van der Waals surface area contributed by atoms with Crippen LogP contribution in [0.3, 0.4) is 0 Å². The van der Waals surface area contributed by atoms with E-state index in [4.69, 9.17) is 0 Å². The summed E-state index contributed by atoms with van der Waals surface area (Å²) in [5.74, 6) is 0.0540. The summed E-state index contributed by atoms with van der Waals surface area (Å²) in [4.78, 5) is 14.1. The molecule has 0 bridgehead atoms. The Balaban J connectivity index is 1.75. The van der Waals surface area contributed by atoms with Crippen LogP contribution in [0, 0.1) is 11.7 Å². The molecule has 4 nitrogen and oxygen atoms in total. The Bertz CT molecular complexity index is 464. The van der Waals surface area contributed by atoms with Crippen molar-refractivity contribution < 1.29 is 9.18 Å². The first kappa shape index (κ1) is 14.8. The van der Waals surface area contributed by atoms with Crippen molar-refractivity contribution in [2.24, 2.45) is 5.92 Å². The van der Waals surface area contributed by atoms with Gasteiger partial charge in [0.2, 0.25) is 0 Å². The second kappa shape index (κ2) is 6.70. The fraction of sp³-hybridized carbons (Fsp3) is 0.533. The first-order valence-electron chi connectivity index (χ1n) is 7.09. The lowest BCUT2D eigenvalue weighted by Gasteiger charge is -2.20. The van der Waals surface area contributed by atoms with Crippen LogP contribution in [0.2, 0.25) is 0 Å². The topological polar surface area (TPSA) is 44.4 Å². The molecule has 0 aromatic heterocycles. The quantitative estimate of drug-likeness (QED) is 0.890. The predicted octanol–water partition coefficient (Wildman–Crippen LogP) is 2.68. The van der Waals surface area contributed by atoms with Gasteiger partial charge in [-0.1, -0.05) is 12.1 Å². The molecule has 1 aliphatic heterocycles. The Morgan fingerprint density at radius 1 is 1.45 bits per heavy atom. The first-order chi connectivity index (χ1) is 9.56. The molecular formula is C15H22FN3O. The molecular weight excluding hydrogens is 257 g/mol. The number of amides is 2. The lowest BCUT2D eigenvalue weighted by atomic mass is 10.1. The summed E-state index contributed by atoms with van der Waals surface area (Å²) in [6.45, 7) is 7.08. The van der Waals surface area contributed by atoms with E-state index in [9.17, 15) is 9.18 Å². The molecule has 20 heavy (non-hydrogen) atoms. The minimum atomic E-state index is -0.422. The molecule has 0 radical (unpaired) electrons. The van der Waals surface area contributed by atoms with E-state index in [-0.39, 0.29) is 11.7 Å². The van der Waals surface area contributed by atoms with Crippen molar-refractivity contribution in [3.8, 4) is 0 Å². The van der Waals surface area contributed by atoms with E-state index in [1.807, 2.05) is 0 Å². The second-order valence-corrected chi connectivity index (χ2v) is 5.56. The number of nitrogens with one attached hydrogen (secondary N) is 2. The minimum absolute atomic E-state index is 0.209. The molecule has 1 aromatic rings. The molecule has 1 atom stereocenters. The second-order valence-electron chi connectivity index (χ2n) is 5.56. The van der Waals surface area contributed by atoms with Crippen LogP contribution in [-0.4, -0.2) is 36.6 Å². The van der Waals surface area contributed by atoms with Crippen LogP contribution < -0.4 is 10.6 Å². The molecule has 0 spiro atoms. The van der Waals surface area contributed by atoms with Gasteiger partial charge in [0, 0.05) is 19.1 Å². The van der Waals surface area contributed by atoms with Gasteiger partial charge in [-0.2, -0.15) is 0 Å². The summed E-state index contributed by atoms with van der Waals surface area (Å²) in [5, 5.41) is 5.35. The fourth-order valence-electron chi connectivity index (χ4n) is 2.46. The number of urea groups is 1. The van der Waals surface area contributed by atoms with Gasteiger partial charge in [0.25, 0.3) is 0 Å². The largest absolute Gasteiger partial charge is 0.338 e. The van der Waals surface area contributed by atoms with Crippen LogP contribution in [0.25, 0.3) is 0 Å². The number of likely N-dealkylation sites (tertiary alicyclic amines) is 1. The molecule has 0 saturated carbocycles. The van der Waals surface area contributed by atoms with Crippen molar-refractivity contribution in [2.45, 2.75) is 26.3 Å². The molecule has 0 aliphatic carbocycles. The molecule has 2 rings (SSSR count). The van der Waals surface area contributed by atoms with E-state index in [2.05, 4.69) is 29.4 Å². The highest BCUT2D eigenvalue weighted by Crippen LogP contribution is 2.17. The minimum Gasteiger partial charge on any atom is -0.338 e. The van der Waals surface area contributed by atoms with Gasteiger partial charge in [-0.3, -0.25) is 0 Å². The van der Waals surface area contributed by atoms with Crippen molar-refractivity contribution in [3.05, 3.63) is 30.1 Å². The lowest BCUT2D eigenvalue weighted by molar-refractivity contribution is 0.247. The molecule has 1 fully saturated rings. The molecule has 1 saturated heterocycles. The van der Waals surface area contributed by atoms with E-state index < -0.39 is 5.82 Å². The third-order valence-corrected chi connectivity index (χ3v) is 3.72. The maximum Gasteiger partial charge on any atom is 0.319 e. The van der Waals surface area contributed by atoms with Crippen molar-refractivity contribution in [1.82, 2.24) is 10.2 Å². The van der Waals surface area contributed by atoms with Crippen LogP contribution in [0.4, 0.5) is 14.9 Å². The van der Waals surface area contributed by atoms with Gasteiger partial charge in [0.1, 0.15) is 5.82 Å². The van der Waals surface area contributed by atoms with E-state index in [1.54, 1.807) is 18.2 Å². The van der Waals surface area contributed by atoms with E-state index in [0.717, 1.165) is 19.5 Å². The number of benzene rings is 1. The fourth-order valence-corrected chi connectivity index (χ4v) is 2.46. The number of carbonyl (C=O) groups is 1. The summed E-state index contributed by atoms with van der Waals surface area (Å²) < 4.78 is 13.4. The Hall–Kier alpha value is -1.62. The Kier molecular flexibility index (Phi) is 4.95. The number of para-hydroxylation sites is 1. The molecule has 5 heteroatoms. The maximum absolute atomic E-state index is 13.4.